The summed E-state index contributed by atoms with van der Waals surface area (Å²) in [5.74, 6) is 12.9. The van der Waals surface area contributed by atoms with Crippen LogP contribution in [0, 0.1) is 92.7 Å². The summed E-state index contributed by atoms with van der Waals surface area (Å²) in [7, 11) is 0. The number of nitrogen functional groups attached to an aromatic ring is 4. The molecule has 12 N–H and O–H groups in total. The Hall–Kier alpha value is -13.4. The topological polar surface area (TPSA) is 324 Å². The molecule has 0 saturated heterocycles. The van der Waals surface area contributed by atoms with Crippen LogP contribution >= 0.6 is 0 Å². The van der Waals surface area contributed by atoms with Gasteiger partial charge in [-0.05, 0) is 373 Å². The van der Waals surface area contributed by atoms with Crippen LogP contribution in [0.1, 0.15) is 218 Å². The van der Waals surface area contributed by atoms with E-state index in [2.05, 4.69) is 69.8 Å². The SMILES string of the molecule is Nc1ccc(-c2cnc(NC(=O)CCCc3ccccc3)c(CC34CC5CC(CC(C5)C3)C4)n2)cc1.Nc1ccc(-c2cnc(NC(=O)CCc3ccccc3)c(CC34CC5CC(CC(C5)C3)C4)n2)cc1.Nc1ccc(-c2cnc(NC(=O)Cc3ccc4ccccc4c3)c(CC34CC5CC(CC(C5)C3)C4)n2)cc1.Nc1ccc(-c2cnc(NC(=O)Cc3ccccc3)c(CC34CC5CC(CC(C5)C3)C4)n2)cc1. The minimum Gasteiger partial charge on any atom is -0.399 e. The van der Waals surface area contributed by atoms with Gasteiger partial charge in [0.2, 0.25) is 23.6 Å². The van der Waals surface area contributed by atoms with Crippen molar-refractivity contribution in [2.75, 3.05) is 44.2 Å². The Bertz CT molecular complexity index is 6590. The summed E-state index contributed by atoms with van der Waals surface area (Å²) in [5, 5.41) is 14.8. The first-order valence-electron chi connectivity index (χ1n) is 53.3. The molecule has 20 nitrogen and oxygen atoms in total. The zero-order valence-corrected chi connectivity index (χ0v) is 82.4. The summed E-state index contributed by atoms with van der Waals surface area (Å²) in [4.78, 5) is 91.4. The van der Waals surface area contributed by atoms with Crippen molar-refractivity contribution in [3.05, 3.63) is 300 Å². The number of aromatic nitrogens is 8. The molecule has 20 heteroatoms. The van der Waals surface area contributed by atoms with E-state index in [1.54, 1.807) is 24.8 Å². The lowest BCUT2D eigenvalue weighted by molar-refractivity contribution is -0.117. The van der Waals surface area contributed by atoms with Crippen molar-refractivity contribution in [2.45, 2.75) is 225 Å². The first kappa shape index (κ1) is 94.5. The maximum atomic E-state index is 13.2. The summed E-state index contributed by atoms with van der Waals surface area (Å²) in [6.07, 6.45) is 47.2. The minimum absolute atomic E-state index is 0.00449. The Kier molecular flexibility index (Phi) is 27.2. The maximum absolute atomic E-state index is 13.2. The quantitative estimate of drug-likeness (QED) is 0.0222. The highest BCUT2D eigenvalue weighted by Gasteiger charge is 2.56. The van der Waals surface area contributed by atoms with Gasteiger partial charge in [0.15, 0.2) is 23.3 Å². The monoisotopic (exact) mass is 1900 g/mol. The molecule has 143 heavy (non-hydrogen) atoms. The van der Waals surface area contributed by atoms with Crippen LogP contribution in [0.3, 0.4) is 0 Å². The second-order valence-corrected chi connectivity index (χ2v) is 46.1. The third-order valence-electron chi connectivity index (χ3n) is 34.6. The van der Waals surface area contributed by atoms with Gasteiger partial charge in [0.05, 0.1) is 83.2 Å². The van der Waals surface area contributed by atoms with Crippen LogP contribution in [-0.2, 0) is 70.5 Å². The number of nitrogens with one attached hydrogen (secondary N) is 4. The normalized spacial score (nSPS) is 26.3. The molecule has 29 rings (SSSR count). The van der Waals surface area contributed by atoms with Crippen LogP contribution in [0.5, 0.6) is 0 Å². The zero-order chi connectivity index (χ0) is 97.2. The lowest BCUT2D eigenvalue weighted by Gasteiger charge is -2.57. The molecule has 16 fully saturated rings. The molecule has 4 aromatic heterocycles. The molecular formula is C123H136N16O4. The van der Waals surface area contributed by atoms with Gasteiger partial charge < -0.3 is 44.2 Å². The number of benzene rings is 9. The zero-order valence-electron chi connectivity index (χ0n) is 82.4. The molecule has 4 heterocycles. The molecule has 0 unspecified atom stereocenters. The number of rotatable bonds is 27. The van der Waals surface area contributed by atoms with E-state index in [0.29, 0.717) is 77.0 Å². The van der Waals surface area contributed by atoms with Crippen molar-refractivity contribution in [1.29, 1.82) is 0 Å². The Morgan fingerprint density at radius 3 is 0.811 bits per heavy atom. The summed E-state index contributed by atoms with van der Waals surface area (Å²) in [5.41, 5.74) is 43.3. The highest BCUT2D eigenvalue weighted by atomic mass is 16.2. The van der Waals surface area contributed by atoms with Gasteiger partial charge >= 0.3 is 0 Å². The van der Waals surface area contributed by atoms with E-state index in [1.165, 1.54) is 171 Å². The van der Waals surface area contributed by atoms with Gasteiger partial charge in [-0.25, -0.2) is 39.9 Å². The Morgan fingerprint density at radius 2 is 0.510 bits per heavy atom. The van der Waals surface area contributed by atoms with E-state index >= 15 is 0 Å². The van der Waals surface area contributed by atoms with Crippen LogP contribution in [0.15, 0.2) is 255 Å². The van der Waals surface area contributed by atoms with Crippen LogP contribution < -0.4 is 44.2 Å². The van der Waals surface area contributed by atoms with Crippen molar-refractivity contribution in [2.24, 2.45) is 92.7 Å². The largest absolute Gasteiger partial charge is 0.399 e. The van der Waals surface area contributed by atoms with Gasteiger partial charge in [0.25, 0.3) is 0 Å². The molecule has 9 aromatic carbocycles. The van der Waals surface area contributed by atoms with E-state index in [-0.39, 0.29) is 23.6 Å². The first-order valence-corrected chi connectivity index (χ1v) is 53.3. The third kappa shape index (κ3) is 22.7. The minimum atomic E-state index is -0.0541. The highest BCUT2D eigenvalue weighted by Crippen LogP contribution is 2.66. The van der Waals surface area contributed by atoms with E-state index in [9.17, 15) is 19.2 Å². The number of anilines is 8. The predicted molar refractivity (Wildman–Crippen MR) is 571 cm³/mol. The molecule has 0 spiro atoms. The molecule has 0 aliphatic heterocycles. The molecule has 16 saturated carbocycles. The number of hydrogen-bond acceptors (Lipinski definition) is 16. The summed E-state index contributed by atoms with van der Waals surface area (Å²) < 4.78 is 0. The van der Waals surface area contributed by atoms with E-state index in [0.717, 1.165) is 217 Å². The van der Waals surface area contributed by atoms with Crippen LogP contribution in [0.25, 0.3) is 55.8 Å². The van der Waals surface area contributed by atoms with Crippen molar-refractivity contribution in [3.63, 3.8) is 0 Å². The third-order valence-corrected chi connectivity index (χ3v) is 34.6. The molecule has 16 bridgehead atoms. The second kappa shape index (κ2) is 41.2. The average molecular weight is 1900 g/mol. The lowest BCUT2D eigenvalue weighted by atomic mass is 9.48. The van der Waals surface area contributed by atoms with E-state index < -0.39 is 0 Å². The Labute approximate surface area is 841 Å². The van der Waals surface area contributed by atoms with Crippen molar-refractivity contribution in [3.8, 4) is 45.0 Å². The highest BCUT2D eigenvalue weighted by molar-refractivity contribution is 5.94. The number of amides is 4. The standard InChI is InChI=1S/C33H34N4O.C31H36N4O.C30H34N4O.C29H32N4O/c34-28-9-7-26(8-10-28)30-20-35-32(37-31(38)15-21-5-6-25-3-1-2-4-27(25)14-21)29(36-30)19-33-16-22-11-23(17-33)13-24(12-22)18-33;32-26-11-9-25(10-12-26)28-20-33-30(35-29(36)8-4-7-21-5-2-1-3-6-21)27(34-28)19-31-16-22-13-23(17-31)15-24(14-22)18-31;31-25-9-7-24(8-10-25)27-19-32-29(34-28(35)11-6-20-4-2-1-3-5-20)26(33-27)18-30-15-21-12-22(16-30)14-23(13-21)17-30;30-24-8-6-23(7-9-24)26-18-31-28(33-27(34)13-19-4-2-1-3-5-19)25(32-26)17-29-14-20-10-21(15-29)12-22(11-20)16-29/h1-10,14,20,22-24H,11-13,15-19,34H2,(H,35,37,38);1-3,5-6,9-12,20,22-24H,4,7-8,13-19,32H2,(H,33,35,36);1-5,7-10,19,21-23H,6,11-18,31H2,(H,32,34,35);1-9,18,20-22H,10-17,30H2,(H,31,33,34). The molecule has 16 aliphatic rings. The Morgan fingerprint density at radius 1 is 0.259 bits per heavy atom. The van der Waals surface area contributed by atoms with Crippen molar-refractivity contribution >= 4 is 80.4 Å². The van der Waals surface area contributed by atoms with Crippen LogP contribution in [0.4, 0.5) is 46.0 Å². The number of aryl methyl sites for hydroxylation is 2. The Balaban J connectivity index is 0.000000109. The molecule has 13 aromatic rings. The number of carbonyl (C=O) groups is 4. The van der Waals surface area contributed by atoms with Gasteiger partial charge in [-0.1, -0.05) is 182 Å². The molecule has 732 valence electrons. The van der Waals surface area contributed by atoms with Crippen molar-refractivity contribution in [1.82, 2.24) is 39.9 Å². The lowest BCUT2D eigenvalue weighted by Crippen LogP contribution is -2.47. The molecule has 0 radical (unpaired) electrons. The fourth-order valence-electron chi connectivity index (χ4n) is 30.3. The van der Waals surface area contributed by atoms with Gasteiger partial charge in [-0.3, -0.25) is 19.2 Å². The second-order valence-electron chi connectivity index (χ2n) is 46.1. The summed E-state index contributed by atoms with van der Waals surface area (Å²) in [6, 6.07) is 75.9. The fraction of sp³-hybridized carbons (Fsp3) is 0.415. The van der Waals surface area contributed by atoms with Gasteiger partial charge in [0.1, 0.15) is 0 Å². The molecule has 4 amide bonds. The first-order chi connectivity index (χ1) is 69.6. The average Bonchev–Trinajstić information content (AvgIpc) is 0.753. The predicted octanol–water partition coefficient (Wildman–Crippen LogP) is 25.0. The van der Waals surface area contributed by atoms with Crippen molar-refractivity contribution < 1.29 is 19.2 Å². The van der Waals surface area contributed by atoms with Gasteiger partial charge in [-0.2, -0.15) is 0 Å². The maximum Gasteiger partial charge on any atom is 0.229 e. The molecule has 0 atom stereocenters. The number of nitrogens with zero attached hydrogens (tertiary/aromatic N) is 8. The fourth-order valence-corrected chi connectivity index (χ4v) is 30.3. The van der Waals surface area contributed by atoms with Gasteiger partial charge in [0, 0.05) is 57.8 Å². The molecule has 16 aliphatic carbocycles. The number of nitrogens with two attached hydrogens (primary N) is 4. The van der Waals surface area contributed by atoms with Gasteiger partial charge in [-0.15, -0.1) is 0 Å². The number of hydrogen-bond donors (Lipinski definition) is 8. The number of fused-ring (bicyclic) bond motifs is 1. The van der Waals surface area contributed by atoms with E-state index in [1.807, 2.05) is 182 Å². The summed E-state index contributed by atoms with van der Waals surface area (Å²) in [6.45, 7) is 0. The number of carbonyl (C=O) groups excluding carboxylic acids is 4. The molecular weight excluding hydrogens is 1770 g/mol. The summed E-state index contributed by atoms with van der Waals surface area (Å²) >= 11 is 0. The van der Waals surface area contributed by atoms with Crippen LogP contribution in [0.2, 0.25) is 0 Å². The van der Waals surface area contributed by atoms with E-state index in [4.69, 9.17) is 62.8 Å². The smallest absolute Gasteiger partial charge is 0.229 e. The van der Waals surface area contributed by atoms with Crippen LogP contribution in [-0.4, -0.2) is 63.5 Å².